The summed E-state index contributed by atoms with van der Waals surface area (Å²) in [5.41, 5.74) is 0. The van der Waals surface area contributed by atoms with E-state index in [4.69, 9.17) is 9.26 Å². The Morgan fingerprint density at radius 1 is 1.19 bits per heavy atom. The molecule has 0 rings (SSSR count). The van der Waals surface area contributed by atoms with Crippen molar-refractivity contribution in [2.45, 2.75) is 53.2 Å². The van der Waals surface area contributed by atoms with E-state index in [2.05, 4.69) is 0 Å². The summed E-state index contributed by atoms with van der Waals surface area (Å²) in [5.74, 6) is -0.309. The van der Waals surface area contributed by atoms with E-state index >= 15 is 0 Å². The molecule has 0 saturated carbocycles. The molecule has 0 bridgehead atoms. The van der Waals surface area contributed by atoms with Gasteiger partial charge in [-0.3, -0.25) is 9.36 Å². The Morgan fingerprint density at radius 2 is 1.75 bits per heavy atom. The highest BCUT2D eigenvalue weighted by Gasteiger charge is 2.23. The Balaban J connectivity index is 4.14. The molecule has 4 nitrogen and oxygen atoms in total. The zero-order valence-electron chi connectivity index (χ0n) is 10.9. The normalized spacial score (nSPS) is 15.2. The average Bonchev–Trinajstić information content (AvgIpc) is 2.13. The second-order valence-corrected chi connectivity index (χ2v) is 7.22. The molecule has 0 aliphatic rings. The van der Waals surface area contributed by atoms with Crippen molar-refractivity contribution in [3.8, 4) is 0 Å². The second-order valence-electron chi connectivity index (χ2n) is 4.30. The fourth-order valence-corrected chi connectivity index (χ4v) is 3.12. The van der Waals surface area contributed by atoms with Crippen molar-refractivity contribution in [1.29, 1.82) is 0 Å². The maximum absolute atomic E-state index is 12.2. The third-order valence-corrected chi connectivity index (χ3v) is 4.58. The average molecular weight is 250 g/mol. The van der Waals surface area contributed by atoms with E-state index in [1.165, 1.54) is 0 Å². The van der Waals surface area contributed by atoms with Crippen LogP contribution < -0.4 is 0 Å². The summed E-state index contributed by atoms with van der Waals surface area (Å²) in [5, 5.41) is 0. The van der Waals surface area contributed by atoms with Crippen molar-refractivity contribution in [2.24, 2.45) is 0 Å². The number of carbonyl (C=O) groups is 1. The molecule has 1 atom stereocenters. The van der Waals surface area contributed by atoms with Gasteiger partial charge in [-0.25, -0.2) is 0 Å². The van der Waals surface area contributed by atoms with Crippen molar-refractivity contribution < 1.29 is 18.6 Å². The highest BCUT2D eigenvalue weighted by atomic mass is 31.2. The second kappa shape index (κ2) is 7.08. The van der Waals surface area contributed by atoms with E-state index in [0.717, 1.165) is 0 Å². The van der Waals surface area contributed by atoms with Gasteiger partial charge in [-0.15, -0.1) is 0 Å². The van der Waals surface area contributed by atoms with Gasteiger partial charge in [0.05, 0.1) is 18.6 Å². The summed E-state index contributed by atoms with van der Waals surface area (Å²) >= 11 is 0. The van der Waals surface area contributed by atoms with Gasteiger partial charge in [-0.05, 0) is 27.7 Å². The Morgan fingerprint density at radius 3 is 2.12 bits per heavy atom. The smallest absolute Gasteiger partial charge is 0.306 e. The third-order valence-electron chi connectivity index (χ3n) is 1.91. The Bertz CT molecular complexity index is 261. The summed E-state index contributed by atoms with van der Waals surface area (Å²) in [6.45, 7) is 9.09. The van der Waals surface area contributed by atoms with Crippen molar-refractivity contribution in [1.82, 2.24) is 0 Å². The molecule has 0 aromatic heterocycles. The van der Waals surface area contributed by atoms with Crippen LogP contribution in [0.2, 0.25) is 0 Å². The Labute approximate surface area is 98.2 Å². The number of carbonyl (C=O) groups excluding carboxylic acids is 1. The number of hydrogen-bond donors (Lipinski definition) is 0. The van der Waals surface area contributed by atoms with Gasteiger partial charge in [0.2, 0.25) is 7.37 Å². The lowest BCUT2D eigenvalue weighted by Crippen LogP contribution is -2.14. The number of ether oxygens (including phenoxy) is 1. The van der Waals surface area contributed by atoms with E-state index < -0.39 is 7.37 Å². The van der Waals surface area contributed by atoms with Crippen molar-refractivity contribution in [2.75, 3.05) is 12.3 Å². The largest absolute Gasteiger partial charge is 0.463 e. The third kappa shape index (κ3) is 7.02. The molecule has 0 saturated heterocycles. The zero-order valence-corrected chi connectivity index (χ0v) is 11.8. The van der Waals surface area contributed by atoms with Crippen LogP contribution in [0.1, 0.15) is 41.0 Å². The topological polar surface area (TPSA) is 52.6 Å². The lowest BCUT2D eigenvalue weighted by Gasteiger charge is -2.19. The molecule has 0 aromatic carbocycles. The summed E-state index contributed by atoms with van der Waals surface area (Å²) in [7, 11) is -2.65. The number of esters is 1. The van der Waals surface area contributed by atoms with Crippen LogP contribution in [0.15, 0.2) is 0 Å². The fourth-order valence-electron chi connectivity index (χ4n) is 1.25. The van der Waals surface area contributed by atoms with Crippen molar-refractivity contribution in [3.63, 3.8) is 0 Å². The highest BCUT2D eigenvalue weighted by Crippen LogP contribution is 2.48. The predicted molar refractivity (Wildman–Crippen MR) is 65.1 cm³/mol. The molecule has 0 radical (unpaired) electrons. The molecule has 0 amide bonds. The fraction of sp³-hybridized carbons (Fsp3) is 0.909. The van der Waals surface area contributed by atoms with Crippen LogP contribution in [0.4, 0.5) is 0 Å². The van der Waals surface area contributed by atoms with Crippen molar-refractivity contribution in [3.05, 3.63) is 0 Å². The minimum atomic E-state index is -2.65. The van der Waals surface area contributed by atoms with Crippen molar-refractivity contribution >= 4 is 13.3 Å². The van der Waals surface area contributed by atoms with Gasteiger partial charge in [-0.1, -0.05) is 6.92 Å². The van der Waals surface area contributed by atoms with Crippen LogP contribution in [0.5, 0.6) is 0 Å². The van der Waals surface area contributed by atoms with E-state index in [9.17, 15) is 9.36 Å². The van der Waals surface area contributed by atoms with Crippen LogP contribution in [-0.2, 0) is 18.6 Å². The molecule has 0 N–H and O–H groups in total. The van der Waals surface area contributed by atoms with Crippen LogP contribution in [0.25, 0.3) is 0 Å². The molecule has 0 aromatic rings. The molecule has 0 heterocycles. The summed E-state index contributed by atoms with van der Waals surface area (Å²) < 4.78 is 22.5. The Kier molecular flexibility index (Phi) is 6.93. The lowest BCUT2D eigenvalue weighted by molar-refractivity contribution is -0.146. The van der Waals surface area contributed by atoms with E-state index in [0.29, 0.717) is 6.16 Å². The van der Waals surface area contributed by atoms with Gasteiger partial charge in [0.15, 0.2) is 0 Å². The van der Waals surface area contributed by atoms with Gasteiger partial charge < -0.3 is 9.26 Å². The summed E-state index contributed by atoms with van der Waals surface area (Å²) in [6.07, 6.45) is 0.690. The first kappa shape index (κ1) is 15.7. The van der Waals surface area contributed by atoms with Gasteiger partial charge in [0, 0.05) is 12.3 Å². The minimum Gasteiger partial charge on any atom is -0.463 e. The molecule has 0 fully saturated rings. The maximum Gasteiger partial charge on any atom is 0.306 e. The number of hydrogen-bond acceptors (Lipinski definition) is 4. The molecular weight excluding hydrogens is 227 g/mol. The van der Waals surface area contributed by atoms with Gasteiger partial charge in [0.1, 0.15) is 0 Å². The maximum atomic E-state index is 12.2. The van der Waals surface area contributed by atoms with Crippen LogP contribution in [0.3, 0.4) is 0 Å². The Hall–Kier alpha value is -0.340. The summed E-state index contributed by atoms with van der Waals surface area (Å²) in [4.78, 5) is 11.3. The summed E-state index contributed by atoms with van der Waals surface area (Å²) in [6, 6.07) is 0. The van der Waals surface area contributed by atoms with E-state index in [-0.39, 0.29) is 30.8 Å². The molecule has 0 aliphatic carbocycles. The number of rotatable bonds is 7. The molecule has 96 valence electrons. The quantitative estimate of drug-likeness (QED) is 0.514. The molecule has 1 unspecified atom stereocenters. The van der Waals surface area contributed by atoms with Gasteiger partial charge in [0.25, 0.3) is 0 Å². The minimum absolute atomic E-state index is 0.0769. The van der Waals surface area contributed by atoms with E-state index in [1.54, 1.807) is 13.8 Å². The monoisotopic (exact) mass is 250 g/mol. The van der Waals surface area contributed by atoms with Gasteiger partial charge in [-0.2, -0.15) is 0 Å². The molecule has 16 heavy (non-hydrogen) atoms. The molecule has 0 spiro atoms. The molecule has 5 heteroatoms. The van der Waals surface area contributed by atoms with Gasteiger partial charge >= 0.3 is 5.97 Å². The SMILES string of the molecule is CCP(=O)(CCC(=O)OC(C)C)OC(C)C. The highest BCUT2D eigenvalue weighted by molar-refractivity contribution is 7.59. The van der Waals surface area contributed by atoms with Crippen LogP contribution in [0, 0.1) is 0 Å². The first-order chi connectivity index (χ1) is 7.29. The standard InChI is InChI=1S/C11H23O4P/c1-6-16(13,15-10(4)5)8-7-11(12)14-9(2)3/h9-10H,6-8H2,1-5H3. The zero-order chi connectivity index (χ0) is 12.8. The van der Waals surface area contributed by atoms with E-state index in [1.807, 2.05) is 20.8 Å². The predicted octanol–water partition coefficient (Wildman–Crippen LogP) is 3.05. The first-order valence-corrected chi connectivity index (χ1v) is 7.74. The first-order valence-electron chi connectivity index (χ1n) is 5.75. The van der Waals surface area contributed by atoms with Crippen LogP contribution >= 0.6 is 7.37 Å². The lowest BCUT2D eigenvalue weighted by atomic mass is 10.4. The molecule has 0 aliphatic heterocycles. The molecular formula is C11H23O4P. The van der Waals surface area contributed by atoms with Crippen LogP contribution in [-0.4, -0.2) is 30.5 Å².